The maximum absolute atomic E-state index is 12.3. The van der Waals surface area contributed by atoms with E-state index in [2.05, 4.69) is 24.1 Å². The van der Waals surface area contributed by atoms with Crippen LogP contribution in [0.15, 0.2) is 0 Å². The first kappa shape index (κ1) is 15.7. The van der Waals surface area contributed by atoms with Crippen molar-refractivity contribution in [1.29, 1.82) is 0 Å². The van der Waals surface area contributed by atoms with Gasteiger partial charge in [0.25, 0.3) is 0 Å². The molecule has 0 radical (unpaired) electrons. The fourth-order valence-electron chi connectivity index (χ4n) is 3.22. The minimum atomic E-state index is -0.734. The van der Waals surface area contributed by atoms with Gasteiger partial charge in [-0.15, -0.1) is 0 Å². The number of nitrogens with one attached hydrogen (secondary N) is 1. The summed E-state index contributed by atoms with van der Waals surface area (Å²) in [7, 11) is 0. The Morgan fingerprint density at radius 2 is 2.20 bits per heavy atom. The normalized spacial score (nSPS) is 28.9. The summed E-state index contributed by atoms with van der Waals surface area (Å²) >= 11 is 0. The van der Waals surface area contributed by atoms with E-state index in [-0.39, 0.29) is 11.9 Å². The SMILES string of the molecule is CC1CCCN(CC(C)NC(=O)C2(N)CCOCC2)C1. The Morgan fingerprint density at radius 1 is 1.50 bits per heavy atom. The van der Waals surface area contributed by atoms with Crippen LogP contribution in [0.25, 0.3) is 0 Å². The lowest BCUT2D eigenvalue weighted by Crippen LogP contribution is -2.59. The van der Waals surface area contributed by atoms with Crippen molar-refractivity contribution in [2.45, 2.75) is 51.1 Å². The van der Waals surface area contributed by atoms with Gasteiger partial charge in [0, 0.05) is 32.3 Å². The average Bonchev–Trinajstić information content (AvgIpc) is 2.39. The van der Waals surface area contributed by atoms with Crippen molar-refractivity contribution in [3.8, 4) is 0 Å². The summed E-state index contributed by atoms with van der Waals surface area (Å²) in [5.74, 6) is 0.751. The number of likely N-dealkylation sites (tertiary alicyclic amines) is 1. The third-order valence-corrected chi connectivity index (χ3v) is 4.49. The zero-order chi connectivity index (χ0) is 14.6. The van der Waals surface area contributed by atoms with E-state index in [1.807, 2.05) is 0 Å². The van der Waals surface area contributed by atoms with E-state index in [4.69, 9.17) is 10.5 Å². The molecule has 2 fully saturated rings. The fraction of sp³-hybridized carbons (Fsp3) is 0.933. The van der Waals surface area contributed by atoms with Crippen LogP contribution in [0.5, 0.6) is 0 Å². The largest absolute Gasteiger partial charge is 0.381 e. The Balaban J connectivity index is 1.78. The summed E-state index contributed by atoms with van der Waals surface area (Å²) in [6.07, 6.45) is 3.82. The Bertz CT molecular complexity index is 329. The molecule has 5 heteroatoms. The number of carbonyl (C=O) groups is 1. The van der Waals surface area contributed by atoms with E-state index in [9.17, 15) is 4.79 Å². The Labute approximate surface area is 122 Å². The highest BCUT2D eigenvalue weighted by atomic mass is 16.5. The summed E-state index contributed by atoms with van der Waals surface area (Å²) in [4.78, 5) is 14.8. The number of amides is 1. The van der Waals surface area contributed by atoms with Gasteiger partial charge < -0.3 is 20.7 Å². The van der Waals surface area contributed by atoms with Gasteiger partial charge in [0.2, 0.25) is 5.91 Å². The van der Waals surface area contributed by atoms with E-state index < -0.39 is 5.54 Å². The van der Waals surface area contributed by atoms with Gasteiger partial charge in [0.1, 0.15) is 0 Å². The van der Waals surface area contributed by atoms with Crippen molar-refractivity contribution < 1.29 is 9.53 Å². The van der Waals surface area contributed by atoms with E-state index in [0.29, 0.717) is 26.1 Å². The highest BCUT2D eigenvalue weighted by molar-refractivity contribution is 5.86. The smallest absolute Gasteiger partial charge is 0.240 e. The summed E-state index contributed by atoms with van der Waals surface area (Å²) in [6, 6.07) is 0.149. The number of hydrogen-bond acceptors (Lipinski definition) is 4. The number of rotatable bonds is 4. The van der Waals surface area contributed by atoms with Gasteiger partial charge in [-0.3, -0.25) is 4.79 Å². The maximum Gasteiger partial charge on any atom is 0.240 e. The predicted molar refractivity (Wildman–Crippen MR) is 79.4 cm³/mol. The minimum Gasteiger partial charge on any atom is -0.381 e. The quantitative estimate of drug-likeness (QED) is 0.798. The molecule has 0 spiro atoms. The molecular formula is C15H29N3O2. The first-order valence-electron chi connectivity index (χ1n) is 7.89. The van der Waals surface area contributed by atoms with Gasteiger partial charge in [-0.1, -0.05) is 6.92 Å². The third kappa shape index (κ3) is 4.17. The second kappa shape index (κ2) is 6.87. The van der Waals surface area contributed by atoms with Gasteiger partial charge in [-0.05, 0) is 45.1 Å². The molecule has 1 amide bonds. The van der Waals surface area contributed by atoms with Crippen molar-refractivity contribution in [1.82, 2.24) is 10.2 Å². The van der Waals surface area contributed by atoms with Gasteiger partial charge in [0.15, 0.2) is 0 Å². The molecule has 5 nitrogen and oxygen atoms in total. The van der Waals surface area contributed by atoms with Crippen LogP contribution in [-0.4, -0.2) is 55.2 Å². The second-order valence-corrected chi connectivity index (χ2v) is 6.65. The van der Waals surface area contributed by atoms with Crippen LogP contribution in [0.3, 0.4) is 0 Å². The van der Waals surface area contributed by atoms with Crippen molar-refractivity contribution in [2.75, 3.05) is 32.8 Å². The van der Waals surface area contributed by atoms with E-state index in [0.717, 1.165) is 25.6 Å². The molecule has 2 aliphatic heterocycles. The maximum atomic E-state index is 12.3. The third-order valence-electron chi connectivity index (χ3n) is 4.49. The monoisotopic (exact) mass is 283 g/mol. The summed E-state index contributed by atoms with van der Waals surface area (Å²) < 4.78 is 5.29. The molecule has 0 bridgehead atoms. The van der Waals surface area contributed by atoms with E-state index in [1.165, 1.54) is 12.8 Å². The summed E-state index contributed by atoms with van der Waals surface area (Å²) in [5.41, 5.74) is 5.47. The molecule has 116 valence electrons. The van der Waals surface area contributed by atoms with Gasteiger partial charge >= 0.3 is 0 Å². The number of piperidine rings is 1. The average molecular weight is 283 g/mol. The lowest BCUT2D eigenvalue weighted by Gasteiger charge is -2.35. The minimum absolute atomic E-state index is 0.0154. The molecule has 2 aliphatic rings. The second-order valence-electron chi connectivity index (χ2n) is 6.65. The van der Waals surface area contributed by atoms with Crippen LogP contribution in [0, 0.1) is 5.92 Å². The van der Waals surface area contributed by atoms with Crippen LogP contribution >= 0.6 is 0 Å². The standard InChI is InChI=1S/C15H29N3O2/c1-12-4-3-7-18(10-12)11-13(2)17-14(19)15(16)5-8-20-9-6-15/h12-13H,3-11,16H2,1-2H3,(H,17,19). The molecular weight excluding hydrogens is 254 g/mol. The van der Waals surface area contributed by atoms with Crippen LogP contribution in [0.4, 0.5) is 0 Å². The Kier molecular flexibility index (Phi) is 5.41. The molecule has 0 aromatic heterocycles. The lowest BCUT2D eigenvalue weighted by atomic mass is 9.90. The van der Waals surface area contributed by atoms with Gasteiger partial charge in [-0.2, -0.15) is 0 Å². The van der Waals surface area contributed by atoms with Crippen LogP contribution < -0.4 is 11.1 Å². The fourth-order valence-corrected chi connectivity index (χ4v) is 3.22. The zero-order valence-corrected chi connectivity index (χ0v) is 12.9. The van der Waals surface area contributed by atoms with Crippen molar-refractivity contribution >= 4 is 5.91 Å². The molecule has 2 saturated heterocycles. The summed E-state index contributed by atoms with van der Waals surface area (Å²) in [5, 5.41) is 3.09. The zero-order valence-electron chi connectivity index (χ0n) is 12.9. The van der Waals surface area contributed by atoms with Gasteiger partial charge in [-0.25, -0.2) is 0 Å². The first-order chi connectivity index (χ1) is 9.49. The highest BCUT2D eigenvalue weighted by Gasteiger charge is 2.36. The number of carbonyl (C=O) groups excluding carboxylic acids is 1. The molecule has 2 heterocycles. The predicted octanol–water partition coefficient (Wildman–Crippen LogP) is 0.731. The van der Waals surface area contributed by atoms with Crippen molar-refractivity contribution in [3.63, 3.8) is 0 Å². The molecule has 20 heavy (non-hydrogen) atoms. The summed E-state index contributed by atoms with van der Waals surface area (Å²) in [6.45, 7) is 8.74. The van der Waals surface area contributed by atoms with Crippen LogP contribution in [-0.2, 0) is 9.53 Å². The van der Waals surface area contributed by atoms with Crippen LogP contribution in [0.2, 0.25) is 0 Å². The topological polar surface area (TPSA) is 67.6 Å². The molecule has 2 unspecified atom stereocenters. The first-order valence-corrected chi connectivity index (χ1v) is 7.89. The molecule has 0 aromatic carbocycles. The molecule has 3 N–H and O–H groups in total. The number of nitrogens with two attached hydrogens (primary N) is 1. The number of ether oxygens (including phenoxy) is 1. The Hall–Kier alpha value is -0.650. The number of nitrogens with zero attached hydrogens (tertiary/aromatic N) is 1. The lowest BCUT2D eigenvalue weighted by molar-refractivity contribution is -0.130. The molecule has 2 rings (SSSR count). The molecule has 2 atom stereocenters. The Morgan fingerprint density at radius 3 is 2.85 bits per heavy atom. The molecule has 0 saturated carbocycles. The van der Waals surface area contributed by atoms with E-state index in [1.54, 1.807) is 0 Å². The van der Waals surface area contributed by atoms with E-state index >= 15 is 0 Å². The van der Waals surface area contributed by atoms with Crippen molar-refractivity contribution in [3.05, 3.63) is 0 Å². The molecule has 0 aliphatic carbocycles. The van der Waals surface area contributed by atoms with Crippen LogP contribution in [0.1, 0.15) is 39.5 Å². The highest BCUT2D eigenvalue weighted by Crippen LogP contribution is 2.18. The van der Waals surface area contributed by atoms with Gasteiger partial charge in [0.05, 0.1) is 5.54 Å². The molecule has 0 aromatic rings. The van der Waals surface area contributed by atoms with Crippen molar-refractivity contribution in [2.24, 2.45) is 11.7 Å². The number of hydrogen-bond donors (Lipinski definition) is 2.